The maximum Gasteiger partial charge on any atom is 0.358 e. The van der Waals surface area contributed by atoms with Gasteiger partial charge in [-0.15, -0.1) is 0 Å². The fourth-order valence-electron chi connectivity index (χ4n) is 1.66. The van der Waals surface area contributed by atoms with Crippen molar-refractivity contribution in [2.45, 2.75) is 13.0 Å². The number of anilines is 1. The van der Waals surface area contributed by atoms with Gasteiger partial charge in [0.25, 0.3) is 0 Å². The molecule has 98 valence electrons. The summed E-state index contributed by atoms with van der Waals surface area (Å²) < 4.78 is 13.1. The number of carboxylic acids is 1. The molecular formula is C13H12FN3O2. The number of rotatable bonds is 4. The van der Waals surface area contributed by atoms with Crippen LogP contribution in [0.25, 0.3) is 0 Å². The summed E-state index contributed by atoms with van der Waals surface area (Å²) in [7, 11) is 0. The third-order valence-electron chi connectivity index (χ3n) is 2.60. The second-order valence-corrected chi connectivity index (χ2v) is 3.98. The molecule has 0 amide bonds. The van der Waals surface area contributed by atoms with Crippen LogP contribution >= 0.6 is 0 Å². The Morgan fingerprint density at radius 1 is 1.37 bits per heavy atom. The molecule has 0 saturated carbocycles. The van der Waals surface area contributed by atoms with Crippen molar-refractivity contribution < 1.29 is 14.3 Å². The van der Waals surface area contributed by atoms with E-state index in [1.807, 2.05) is 0 Å². The minimum Gasteiger partial charge on any atom is -0.476 e. The van der Waals surface area contributed by atoms with Gasteiger partial charge in [-0.3, -0.25) is 0 Å². The van der Waals surface area contributed by atoms with Gasteiger partial charge in [0.15, 0.2) is 11.5 Å². The number of carboxylic acid groups (broad SMARTS) is 1. The first kappa shape index (κ1) is 12.9. The Hall–Kier alpha value is -2.50. The molecule has 1 unspecified atom stereocenters. The summed E-state index contributed by atoms with van der Waals surface area (Å²) in [6, 6.07) is 5.79. The fraction of sp³-hybridized carbons (Fsp3) is 0.154. The van der Waals surface area contributed by atoms with Crippen molar-refractivity contribution in [1.82, 2.24) is 9.97 Å². The number of halogens is 1. The van der Waals surface area contributed by atoms with E-state index in [1.165, 1.54) is 24.5 Å². The van der Waals surface area contributed by atoms with Crippen LogP contribution in [0.2, 0.25) is 0 Å². The van der Waals surface area contributed by atoms with E-state index >= 15 is 0 Å². The zero-order chi connectivity index (χ0) is 13.8. The normalized spacial score (nSPS) is 11.9. The molecule has 0 bridgehead atoms. The van der Waals surface area contributed by atoms with E-state index in [1.54, 1.807) is 19.1 Å². The number of hydrogen-bond acceptors (Lipinski definition) is 4. The predicted molar refractivity (Wildman–Crippen MR) is 67.4 cm³/mol. The molecule has 5 nitrogen and oxygen atoms in total. The van der Waals surface area contributed by atoms with Crippen molar-refractivity contribution >= 4 is 11.8 Å². The van der Waals surface area contributed by atoms with E-state index in [0.717, 1.165) is 0 Å². The van der Waals surface area contributed by atoms with Crippen LogP contribution in [0.5, 0.6) is 0 Å². The van der Waals surface area contributed by atoms with Gasteiger partial charge < -0.3 is 10.4 Å². The first-order valence-corrected chi connectivity index (χ1v) is 5.64. The number of benzene rings is 1. The number of nitrogens with zero attached hydrogens (tertiary/aromatic N) is 2. The molecule has 0 aliphatic carbocycles. The SMILES string of the molecule is CC(Nc1nccnc1C(=O)O)c1cccc(F)c1. The summed E-state index contributed by atoms with van der Waals surface area (Å²) in [6.07, 6.45) is 2.70. The zero-order valence-corrected chi connectivity index (χ0v) is 10.2. The standard InChI is InChI=1S/C13H12FN3O2/c1-8(9-3-2-4-10(14)7-9)17-12-11(13(18)19)15-5-6-16-12/h2-8H,1H3,(H,16,17)(H,18,19). The highest BCUT2D eigenvalue weighted by Crippen LogP contribution is 2.20. The van der Waals surface area contributed by atoms with Gasteiger partial charge in [0.05, 0.1) is 6.04 Å². The smallest absolute Gasteiger partial charge is 0.358 e. The van der Waals surface area contributed by atoms with Crippen LogP contribution in [-0.4, -0.2) is 21.0 Å². The average Bonchev–Trinajstić information content (AvgIpc) is 2.39. The molecule has 2 N–H and O–H groups in total. The fourth-order valence-corrected chi connectivity index (χ4v) is 1.66. The van der Waals surface area contributed by atoms with E-state index in [2.05, 4.69) is 15.3 Å². The largest absolute Gasteiger partial charge is 0.476 e. The van der Waals surface area contributed by atoms with Crippen molar-refractivity contribution in [2.75, 3.05) is 5.32 Å². The molecule has 6 heteroatoms. The molecule has 1 aromatic carbocycles. The highest BCUT2D eigenvalue weighted by Gasteiger charge is 2.15. The summed E-state index contributed by atoms with van der Waals surface area (Å²) in [6.45, 7) is 1.79. The molecule has 0 radical (unpaired) electrons. The maximum atomic E-state index is 13.1. The average molecular weight is 261 g/mol. The molecule has 0 saturated heterocycles. The molecule has 0 aliphatic rings. The Bertz CT molecular complexity index is 604. The van der Waals surface area contributed by atoms with Gasteiger partial charge in [-0.05, 0) is 24.6 Å². The Morgan fingerprint density at radius 2 is 2.11 bits per heavy atom. The van der Waals surface area contributed by atoms with E-state index in [4.69, 9.17) is 5.11 Å². The Labute approximate surface area is 109 Å². The van der Waals surface area contributed by atoms with Crippen LogP contribution in [0.4, 0.5) is 10.2 Å². The van der Waals surface area contributed by atoms with Gasteiger partial charge in [0, 0.05) is 12.4 Å². The van der Waals surface area contributed by atoms with Crippen LogP contribution in [0.15, 0.2) is 36.7 Å². The molecular weight excluding hydrogens is 249 g/mol. The highest BCUT2D eigenvalue weighted by atomic mass is 19.1. The Morgan fingerprint density at radius 3 is 2.79 bits per heavy atom. The summed E-state index contributed by atoms with van der Waals surface area (Å²) in [5, 5.41) is 11.9. The first-order chi connectivity index (χ1) is 9.08. The van der Waals surface area contributed by atoms with Crippen molar-refractivity contribution in [2.24, 2.45) is 0 Å². The van der Waals surface area contributed by atoms with Crippen molar-refractivity contribution in [1.29, 1.82) is 0 Å². The third kappa shape index (κ3) is 3.04. The van der Waals surface area contributed by atoms with Gasteiger partial charge in [-0.25, -0.2) is 19.2 Å². The zero-order valence-electron chi connectivity index (χ0n) is 10.2. The van der Waals surface area contributed by atoms with E-state index in [-0.39, 0.29) is 23.4 Å². The quantitative estimate of drug-likeness (QED) is 0.884. The molecule has 0 aliphatic heterocycles. The van der Waals surface area contributed by atoms with Gasteiger partial charge in [-0.2, -0.15) is 0 Å². The van der Waals surface area contributed by atoms with E-state index in [9.17, 15) is 9.18 Å². The molecule has 0 spiro atoms. The van der Waals surface area contributed by atoms with E-state index in [0.29, 0.717) is 5.56 Å². The Kier molecular flexibility index (Phi) is 3.70. The second-order valence-electron chi connectivity index (χ2n) is 3.98. The van der Waals surface area contributed by atoms with E-state index < -0.39 is 5.97 Å². The van der Waals surface area contributed by atoms with Crippen LogP contribution in [-0.2, 0) is 0 Å². The van der Waals surface area contributed by atoms with Crippen LogP contribution in [0, 0.1) is 5.82 Å². The summed E-state index contributed by atoms with van der Waals surface area (Å²) in [5.41, 5.74) is 0.535. The molecule has 2 rings (SSSR count). The molecule has 1 heterocycles. The first-order valence-electron chi connectivity index (χ1n) is 5.64. The summed E-state index contributed by atoms with van der Waals surface area (Å²) >= 11 is 0. The Balaban J connectivity index is 2.24. The van der Waals surface area contributed by atoms with Crippen LogP contribution in [0.3, 0.4) is 0 Å². The minimum atomic E-state index is -1.16. The van der Waals surface area contributed by atoms with Gasteiger partial charge in [0.2, 0.25) is 0 Å². The lowest BCUT2D eigenvalue weighted by molar-refractivity contribution is 0.0691. The summed E-state index contributed by atoms with van der Waals surface area (Å²) in [5.74, 6) is -1.35. The number of aromatic nitrogens is 2. The minimum absolute atomic E-state index is 0.159. The number of carbonyl (C=O) groups is 1. The van der Waals surface area contributed by atoms with Crippen molar-refractivity contribution in [3.63, 3.8) is 0 Å². The number of nitrogens with one attached hydrogen (secondary N) is 1. The van der Waals surface area contributed by atoms with Crippen LogP contribution < -0.4 is 5.32 Å². The highest BCUT2D eigenvalue weighted by molar-refractivity contribution is 5.90. The monoisotopic (exact) mass is 261 g/mol. The molecule has 0 fully saturated rings. The van der Waals surface area contributed by atoms with Gasteiger partial charge in [0.1, 0.15) is 5.82 Å². The summed E-state index contributed by atoms with van der Waals surface area (Å²) in [4.78, 5) is 18.7. The lowest BCUT2D eigenvalue weighted by atomic mass is 10.1. The van der Waals surface area contributed by atoms with Crippen LogP contribution in [0.1, 0.15) is 29.0 Å². The van der Waals surface area contributed by atoms with Gasteiger partial charge in [-0.1, -0.05) is 12.1 Å². The van der Waals surface area contributed by atoms with Crippen molar-refractivity contribution in [3.05, 3.63) is 53.7 Å². The predicted octanol–water partition coefficient (Wildman–Crippen LogP) is 2.49. The van der Waals surface area contributed by atoms with Gasteiger partial charge >= 0.3 is 5.97 Å². The molecule has 1 aromatic heterocycles. The number of hydrogen-bond donors (Lipinski definition) is 2. The lowest BCUT2D eigenvalue weighted by Crippen LogP contribution is -2.13. The number of aromatic carboxylic acids is 1. The molecule has 1 atom stereocenters. The lowest BCUT2D eigenvalue weighted by Gasteiger charge is -2.15. The molecule has 2 aromatic rings. The van der Waals surface area contributed by atoms with Crippen molar-refractivity contribution in [3.8, 4) is 0 Å². The second kappa shape index (κ2) is 5.43. The molecule has 19 heavy (non-hydrogen) atoms. The maximum absolute atomic E-state index is 13.1. The third-order valence-corrected chi connectivity index (χ3v) is 2.60. The topological polar surface area (TPSA) is 75.1 Å².